The number of aliphatic hydroxyl groups is 1. The van der Waals surface area contributed by atoms with E-state index in [1.807, 2.05) is 37.3 Å². The molecule has 2 aliphatic rings. The van der Waals surface area contributed by atoms with E-state index in [0.717, 1.165) is 37.5 Å². The van der Waals surface area contributed by atoms with Gasteiger partial charge < -0.3 is 19.5 Å². The van der Waals surface area contributed by atoms with Gasteiger partial charge in [-0.25, -0.2) is 0 Å². The van der Waals surface area contributed by atoms with Crippen molar-refractivity contribution in [1.29, 1.82) is 0 Å². The van der Waals surface area contributed by atoms with Crippen molar-refractivity contribution in [1.82, 2.24) is 4.90 Å². The summed E-state index contributed by atoms with van der Waals surface area (Å²) in [5.74, 6) is 0.881. The zero-order chi connectivity index (χ0) is 18.7. The number of benzene rings is 2. The van der Waals surface area contributed by atoms with Gasteiger partial charge in [0.15, 0.2) is 0 Å². The molecule has 5 heteroatoms. The minimum atomic E-state index is -0.502. The number of hydrogen-bond acceptors (Lipinski definition) is 5. The summed E-state index contributed by atoms with van der Waals surface area (Å²) in [6, 6.07) is 18.5. The molecule has 2 aromatic carbocycles. The Morgan fingerprint density at radius 1 is 1.04 bits per heavy atom. The van der Waals surface area contributed by atoms with E-state index in [2.05, 4.69) is 34.1 Å². The van der Waals surface area contributed by atoms with Crippen molar-refractivity contribution < 1.29 is 14.6 Å². The number of fused-ring (bicyclic) bond motifs is 1. The normalized spacial score (nSPS) is 23.7. The molecule has 0 aromatic heterocycles. The van der Waals surface area contributed by atoms with E-state index in [0.29, 0.717) is 19.8 Å². The van der Waals surface area contributed by atoms with Crippen LogP contribution in [0.1, 0.15) is 12.5 Å². The van der Waals surface area contributed by atoms with Crippen LogP contribution in [0.5, 0.6) is 5.75 Å². The number of anilines is 1. The lowest BCUT2D eigenvalue weighted by molar-refractivity contribution is -0.0859. The van der Waals surface area contributed by atoms with E-state index in [1.54, 1.807) is 0 Å². The van der Waals surface area contributed by atoms with E-state index >= 15 is 0 Å². The van der Waals surface area contributed by atoms with Crippen molar-refractivity contribution in [3.05, 3.63) is 60.2 Å². The third-order valence-electron chi connectivity index (χ3n) is 5.52. The number of nitrogens with zero attached hydrogens (tertiary/aromatic N) is 2. The van der Waals surface area contributed by atoms with Crippen LogP contribution >= 0.6 is 0 Å². The fraction of sp³-hybridized carbons (Fsp3) is 0.455. The molecular weight excluding hydrogens is 340 g/mol. The van der Waals surface area contributed by atoms with Gasteiger partial charge in [0.05, 0.1) is 12.7 Å². The minimum absolute atomic E-state index is 0.313. The maximum absolute atomic E-state index is 10.5. The number of β-amino-alcohol motifs (C(OH)–C–C–N with tert-alkyl or cyclic N) is 1. The van der Waals surface area contributed by atoms with Gasteiger partial charge in [-0.1, -0.05) is 36.4 Å². The second kappa shape index (κ2) is 7.89. The lowest BCUT2D eigenvalue weighted by Crippen LogP contribution is -2.49. The molecule has 27 heavy (non-hydrogen) atoms. The number of piperazine rings is 1. The van der Waals surface area contributed by atoms with Gasteiger partial charge in [0, 0.05) is 44.0 Å². The van der Waals surface area contributed by atoms with Gasteiger partial charge in [0.2, 0.25) is 0 Å². The molecule has 1 N–H and O–H groups in total. The van der Waals surface area contributed by atoms with Gasteiger partial charge in [-0.2, -0.15) is 0 Å². The Bertz CT molecular complexity index is 746. The highest BCUT2D eigenvalue weighted by molar-refractivity contribution is 5.46. The van der Waals surface area contributed by atoms with Gasteiger partial charge in [0.25, 0.3) is 0 Å². The van der Waals surface area contributed by atoms with Crippen molar-refractivity contribution in [2.45, 2.75) is 18.6 Å². The van der Waals surface area contributed by atoms with Gasteiger partial charge in [-0.3, -0.25) is 4.90 Å². The van der Waals surface area contributed by atoms with Crippen LogP contribution in [0, 0.1) is 0 Å². The first kappa shape index (κ1) is 18.3. The highest BCUT2D eigenvalue weighted by atomic mass is 16.6. The van der Waals surface area contributed by atoms with Crippen molar-refractivity contribution in [2.75, 3.05) is 50.8 Å². The minimum Gasteiger partial charge on any atom is -0.490 e. The molecule has 0 saturated carbocycles. The zero-order valence-corrected chi connectivity index (χ0v) is 15.9. The predicted octanol–water partition coefficient (Wildman–Crippen LogP) is 2.49. The second-order valence-corrected chi connectivity index (χ2v) is 7.60. The van der Waals surface area contributed by atoms with E-state index in [-0.39, 0.29) is 0 Å². The summed E-state index contributed by atoms with van der Waals surface area (Å²) in [6.07, 6.45) is -0.502. The smallest absolute Gasteiger partial charge is 0.128 e. The van der Waals surface area contributed by atoms with E-state index in [1.165, 1.54) is 5.69 Å². The summed E-state index contributed by atoms with van der Waals surface area (Å²) < 4.78 is 11.8. The van der Waals surface area contributed by atoms with Crippen LogP contribution < -0.4 is 9.64 Å². The molecule has 0 aliphatic carbocycles. The fourth-order valence-electron chi connectivity index (χ4n) is 3.90. The summed E-state index contributed by atoms with van der Waals surface area (Å²) in [5.41, 5.74) is 1.85. The Morgan fingerprint density at radius 3 is 2.52 bits per heavy atom. The molecule has 1 fully saturated rings. The first-order valence-corrected chi connectivity index (χ1v) is 9.71. The lowest BCUT2D eigenvalue weighted by Gasteiger charge is -2.37. The van der Waals surface area contributed by atoms with E-state index in [9.17, 15) is 5.11 Å². The lowest BCUT2D eigenvalue weighted by atomic mass is 9.98. The van der Waals surface area contributed by atoms with Crippen LogP contribution in [0.2, 0.25) is 0 Å². The maximum Gasteiger partial charge on any atom is 0.128 e. The highest BCUT2D eigenvalue weighted by Crippen LogP contribution is 2.39. The number of hydrogen-bond donors (Lipinski definition) is 1. The molecule has 144 valence electrons. The molecule has 1 saturated heterocycles. The van der Waals surface area contributed by atoms with Crippen molar-refractivity contribution in [2.24, 2.45) is 0 Å². The van der Waals surface area contributed by atoms with Crippen LogP contribution in [-0.2, 0) is 10.3 Å². The first-order valence-electron chi connectivity index (χ1n) is 9.71. The van der Waals surface area contributed by atoms with Gasteiger partial charge in [-0.15, -0.1) is 0 Å². The quantitative estimate of drug-likeness (QED) is 0.849. The Hall–Kier alpha value is -2.08. The van der Waals surface area contributed by atoms with E-state index < -0.39 is 11.7 Å². The molecule has 0 spiro atoms. The molecule has 2 aromatic rings. The van der Waals surface area contributed by atoms with Crippen molar-refractivity contribution in [3.63, 3.8) is 0 Å². The summed E-state index contributed by atoms with van der Waals surface area (Å²) in [7, 11) is 0. The van der Waals surface area contributed by atoms with Crippen LogP contribution in [0.3, 0.4) is 0 Å². The third kappa shape index (κ3) is 4.10. The number of aliphatic hydroxyl groups excluding tert-OH is 1. The van der Waals surface area contributed by atoms with Crippen LogP contribution in [0.4, 0.5) is 5.69 Å². The molecule has 2 aliphatic heterocycles. The molecule has 0 radical (unpaired) electrons. The standard InChI is InChI=1S/C22H28N2O3/c1-22(17-26-21-10-6-5-9-20(21)22)27-16-19(25)15-23-11-13-24(14-12-23)18-7-3-2-4-8-18/h2-10,19,25H,11-17H2,1H3. The molecule has 2 unspecified atom stereocenters. The molecule has 0 amide bonds. The molecule has 4 rings (SSSR count). The van der Waals surface area contributed by atoms with Crippen molar-refractivity contribution in [3.8, 4) is 5.75 Å². The van der Waals surface area contributed by atoms with Crippen molar-refractivity contribution >= 4 is 5.69 Å². The maximum atomic E-state index is 10.5. The number of rotatable bonds is 6. The topological polar surface area (TPSA) is 45.2 Å². The first-order chi connectivity index (χ1) is 13.1. The molecular formula is C22H28N2O3. The second-order valence-electron chi connectivity index (χ2n) is 7.60. The van der Waals surface area contributed by atoms with Crippen LogP contribution in [-0.4, -0.2) is 62.0 Å². The predicted molar refractivity (Wildman–Crippen MR) is 106 cm³/mol. The van der Waals surface area contributed by atoms with Crippen LogP contribution in [0.15, 0.2) is 54.6 Å². The van der Waals surface area contributed by atoms with Gasteiger partial charge in [0.1, 0.15) is 18.0 Å². The van der Waals surface area contributed by atoms with Gasteiger partial charge >= 0.3 is 0 Å². The number of para-hydroxylation sites is 2. The molecule has 5 nitrogen and oxygen atoms in total. The molecule has 0 bridgehead atoms. The highest BCUT2D eigenvalue weighted by Gasteiger charge is 2.37. The SMILES string of the molecule is CC1(OCC(O)CN2CCN(c3ccccc3)CC2)COc2ccccc21. The number of ether oxygens (including phenoxy) is 2. The third-order valence-corrected chi connectivity index (χ3v) is 5.52. The van der Waals surface area contributed by atoms with Gasteiger partial charge in [-0.05, 0) is 25.1 Å². The summed E-state index contributed by atoms with van der Waals surface area (Å²) >= 11 is 0. The molecule has 2 heterocycles. The Labute approximate surface area is 161 Å². The monoisotopic (exact) mass is 368 g/mol. The summed E-state index contributed by atoms with van der Waals surface area (Å²) in [5, 5.41) is 10.5. The fourth-order valence-corrected chi connectivity index (χ4v) is 3.90. The zero-order valence-electron chi connectivity index (χ0n) is 15.9. The average molecular weight is 368 g/mol. The Balaban J connectivity index is 1.24. The molecule has 2 atom stereocenters. The summed E-state index contributed by atoms with van der Waals surface area (Å²) in [4.78, 5) is 4.71. The average Bonchev–Trinajstić information content (AvgIpc) is 3.05. The van der Waals surface area contributed by atoms with E-state index in [4.69, 9.17) is 9.47 Å². The van der Waals surface area contributed by atoms with Crippen LogP contribution in [0.25, 0.3) is 0 Å². The Morgan fingerprint density at radius 2 is 1.74 bits per heavy atom. The Kier molecular flexibility index (Phi) is 5.34. The summed E-state index contributed by atoms with van der Waals surface area (Å²) in [6.45, 7) is 7.35. The largest absolute Gasteiger partial charge is 0.490 e.